The zero-order valence-electron chi connectivity index (χ0n) is 12.5. The van der Waals surface area contributed by atoms with E-state index in [9.17, 15) is 8.42 Å². The van der Waals surface area contributed by atoms with Crippen molar-refractivity contribution >= 4 is 19.7 Å². The number of rotatable bonds is 9. The number of halogens is 1. The van der Waals surface area contributed by atoms with Crippen molar-refractivity contribution in [1.82, 2.24) is 0 Å². The first kappa shape index (κ1) is 18.2. The first-order chi connectivity index (χ1) is 9.86. The average molecular weight is 337 g/mol. The highest BCUT2D eigenvalue weighted by molar-refractivity contribution is 8.13. The van der Waals surface area contributed by atoms with Gasteiger partial charge in [0.1, 0.15) is 5.75 Å². The third-order valence-electron chi connectivity index (χ3n) is 2.83. The molecule has 0 saturated heterocycles. The van der Waals surface area contributed by atoms with Crippen LogP contribution in [0, 0.1) is 13.8 Å². The van der Waals surface area contributed by atoms with Gasteiger partial charge in [-0.1, -0.05) is 0 Å². The maximum atomic E-state index is 11.3. The molecule has 0 aliphatic heterocycles. The Hall–Kier alpha value is -0.820. The van der Waals surface area contributed by atoms with Crippen LogP contribution in [0.3, 0.4) is 0 Å². The van der Waals surface area contributed by atoms with Crippen LogP contribution < -0.4 is 4.74 Å². The lowest BCUT2D eigenvalue weighted by Gasteiger charge is -2.13. The molecule has 120 valence electrons. The lowest BCUT2D eigenvalue weighted by molar-refractivity contribution is 0.0643. The third kappa shape index (κ3) is 6.22. The van der Waals surface area contributed by atoms with E-state index in [0.717, 1.165) is 17.5 Å². The fourth-order valence-electron chi connectivity index (χ4n) is 1.86. The van der Waals surface area contributed by atoms with E-state index in [4.69, 9.17) is 24.9 Å². The van der Waals surface area contributed by atoms with E-state index < -0.39 is 9.05 Å². The van der Waals surface area contributed by atoms with Gasteiger partial charge in [-0.3, -0.25) is 0 Å². The summed E-state index contributed by atoms with van der Waals surface area (Å²) in [6.07, 6.45) is 0.748. The Balaban J connectivity index is 2.53. The summed E-state index contributed by atoms with van der Waals surface area (Å²) in [6.45, 7) is 5.83. The number of hydrogen-bond donors (Lipinski definition) is 0. The monoisotopic (exact) mass is 336 g/mol. The quantitative estimate of drug-likeness (QED) is 0.512. The highest BCUT2D eigenvalue weighted by atomic mass is 35.7. The molecule has 0 amide bonds. The van der Waals surface area contributed by atoms with Gasteiger partial charge < -0.3 is 14.2 Å². The van der Waals surface area contributed by atoms with Gasteiger partial charge in [-0.25, -0.2) is 8.42 Å². The van der Waals surface area contributed by atoms with Gasteiger partial charge in [0.05, 0.1) is 24.7 Å². The van der Waals surface area contributed by atoms with Crippen molar-refractivity contribution in [1.29, 1.82) is 0 Å². The zero-order valence-corrected chi connectivity index (χ0v) is 14.1. The molecule has 0 aliphatic rings. The molecule has 1 aromatic rings. The van der Waals surface area contributed by atoms with Crippen molar-refractivity contribution in [2.45, 2.75) is 25.2 Å². The van der Waals surface area contributed by atoms with Crippen molar-refractivity contribution in [2.24, 2.45) is 0 Å². The molecule has 0 N–H and O–H groups in total. The molecule has 7 heteroatoms. The van der Waals surface area contributed by atoms with Crippen LogP contribution in [-0.2, 0) is 18.5 Å². The molecule has 0 fully saturated rings. The van der Waals surface area contributed by atoms with Gasteiger partial charge in [-0.05, 0) is 37.1 Å². The van der Waals surface area contributed by atoms with Crippen molar-refractivity contribution in [3.05, 3.63) is 23.3 Å². The maximum absolute atomic E-state index is 11.3. The lowest BCUT2D eigenvalue weighted by Crippen LogP contribution is -2.08. The summed E-state index contributed by atoms with van der Waals surface area (Å²) < 4.78 is 38.6. The molecule has 0 aromatic heterocycles. The molecule has 21 heavy (non-hydrogen) atoms. The SMILES string of the molecule is COCCOCCCOc1c(C)cc(S(=O)(=O)Cl)cc1C. The van der Waals surface area contributed by atoms with Crippen LogP contribution in [-0.4, -0.2) is 42.0 Å². The number of methoxy groups -OCH3 is 1. The second kappa shape index (κ2) is 8.58. The summed E-state index contributed by atoms with van der Waals surface area (Å²) in [7, 11) is 3.26. The summed E-state index contributed by atoms with van der Waals surface area (Å²) in [5, 5.41) is 0. The molecule has 1 rings (SSSR count). The molecule has 0 atom stereocenters. The molecule has 0 spiro atoms. The van der Waals surface area contributed by atoms with E-state index in [1.54, 1.807) is 21.0 Å². The van der Waals surface area contributed by atoms with Gasteiger partial charge >= 0.3 is 0 Å². The number of benzene rings is 1. The Morgan fingerprint density at radius 3 is 2.19 bits per heavy atom. The Morgan fingerprint density at radius 2 is 1.67 bits per heavy atom. The number of hydrogen-bond acceptors (Lipinski definition) is 5. The van der Waals surface area contributed by atoms with E-state index in [1.807, 2.05) is 0 Å². The van der Waals surface area contributed by atoms with Crippen LogP contribution in [0.5, 0.6) is 5.75 Å². The van der Waals surface area contributed by atoms with Crippen LogP contribution in [0.2, 0.25) is 0 Å². The Labute approximate surface area is 130 Å². The van der Waals surface area contributed by atoms with Gasteiger partial charge in [-0.2, -0.15) is 0 Å². The molecule has 1 aromatic carbocycles. The van der Waals surface area contributed by atoms with E-state index in [-0.39, 0.29) is 4.90 Å². The predicted molar refractivity (Wildman–Crippen MR) is 81.8 cm³/mol. The zero-order chi connectivity index (χ0) is 15.9. The van der Waals surface area contributed by atoms with Gasteiger partial charge in [0.15, 0.2) is 0 Å². The maximum Gasteiger partial charge on any atom is 0.261 e. The Morgan fingerprint density at radius 1 is 1.05 bits per heavy atom. The normalized spacial score (nSPS) is 11.6. The molecule has 0 heterocycles. The van der Waals surface area contributed by atoms with Crippen LogP contribution in [0.15, 0.2) is 17.0 Å². The van der Waals surface area contributed by atoms with Gasteiger partial charge in [0.2, 0.25) is 0 Å². The summed E-state index contributed by atoms with van der Waals surface area (Å²) in [5.74, 6) is 0.691. The molecule has 0 unspecified atom stereocenters. The second-order valence-electron chi connectivity index (χ2n) is 4.63. The summed E-state index contributed by atoms with van der Waals surface area (Å²) in [5.41, 5.74) is 1.49. The van der Waals surface area contributed by atoms with E-state index in [0.29, 0.717) is 32.2 Å². The first-order valence-electron chi connectivity index (χ1n) is 6.61. The van der Waals surface area contributed by atoms with Crippen molar-refractivity contribution in [3.63, 3.8) is 0 Å². The van der Waals surface area contributed by atoms with Crippen molar-refractivity contribution < 1.29 is 22.6 Å². The van der Waals surface area contributed by atoms with E-state index >= 15 is 0 Å². The Bertz CT molecular complexity index is 533. The highest BCUT2D eigenvalue weighted by Gasteiger charge is 2.14. The minimum atomic E-state index is -3.72. The smallest absolute Gasteiger partial charge is 0.261 e. The minimum absolute atomic E-state index is 0.0921. The van der Waals surface area contributed by atoms with Crippen LogP contribution in [0.4, 0.5) is 0 Å². The molecule has 0 aliphatic carbocycles. The molecule has 0 bridgehead atoms. The standard InChI is InChI=1S/C14H21ClO5S/c1-11-9-13(21(15,16)17)10-12(2)14(11)20-6-4-5-19-8-7-18-3/h9-10H,4-8H2,1-3H3. The Kier molecular flexibility index (Phi) is 7.45. The molecular weight excluding hydrogens is 316 g/mol. The summed E-state index contributed by atoms with van der Waals surface area (Å²) in [4.78, 5) is 0.0921. The first-order valence-corrected chi connectivity index (χ1v) is 8.92. The largest absolute Gasteiger partial charge is 0.493 e. The van der Waals surface area contributed by atoms with Crippen LogP contribution >= 0.6 is 10.7 Å². The number of aryl methyl sites for hydroxylation is 2. The lowest BCUT2D eigenvalue weighted by atomic mass is 10.1. The van der Waals surface area contributed by atoms with E-state index in [1.165, 1.54) is 12.1 Å². The number of ether oxygens (including phenoxy) is 3. The minimum Gasteiger partial charge on any atom is -0.493 e. The molecule has 0 saturated carbocycles. The van der Waals surface area contributed by atoms with Gasteiger partial charge in [0, 0.05) is 30.8 Å². The predicted octanol–water partition coefficient (Wildman–Crippen LogP) is 2.66. The molecular formula is C14H21ClO5S. The van der Waals surface area contributed by atoms with Gasteiger partial charge in [0.25, 0.3) is 9.05 Å². The highest BCUT2D eigenvalue weighted by Crippen LogP contribution is 2.28. The molecule has 5 nitrogen and oxygen atoms in total. The topological polar surface area (TPSA) is 61.8 Å². The van der Waals surface area contributed by atoms with Crippen molar-refractivity contribution in [3.8, 4) is 5.75 Å². The second-order valence-corrected chi connectivity index (χ2v) is 7.20. The van der Waals surface area contributed by atoms with E-state index in [2.05, 4.69) is 0 Å². The fourth-order valence-corrected chi connectivity index (χ4v) is 2.76. The fraction of sp³-hybridized carbons (Fsp3) is 0.571. The third-order valence-corrected chi connectivity index (χ3v) is 4.16. The summed E-state index contributed by atoms with van der Waals surface area (Å²) in [6, 6.07) is 3.03. The van der Waals surface area contributed by atoms with Gasteiger partial charge in [-0.15, -0.1) is 0 Å². The van der Waals surface area contributed by atoms with Crippen LogP contribution in [0.25, 0.3) is 0 Å². The molecule has 0 radical (unpaired) electrons. The average Bonchev–Trinajstić information content (AvgIpc) is 2.39. The van der Waals surface area contributed by atoms with Crippen LogP contribution in [0.1, 0.15) is 17.5 Å². The summed E-state index contributed by atoms with van der Waals surface area (Å²) >= 11 is 0. The van der Waals surface area contributed by atoms with Crippen molar-refractivity contribution in [2.75, 3.05) is 33.5 Å².